The second kappa shape index (κ2) is 3.71. The highest BCUT2D eigenvalue weighted by Gasteiger charge is 2.13. The first kappa shape index (κ1) is 10.6. The normalized spacial score (nSPS) is 11.6. The molecular weight excluding hydrogens is 266 g/mol. The van der Waals surface area contributed by atoms with Crippen molar-refractivity contribution in [2.75, 3.05) is 0 Å². The highest BCUT2D eigenvalue weighted by atomic mass is 79.9. The van der Waals surface area contributed by atoms with E-state index in [1.54, 1.807) is 0 Å². The topological polar surface area (TPSA) is 34.1 Å². The van der Waals surface area contributed by atoms with Gasteiger partial charge in [0.25, 0.3) is 0 Å². The van der Waals surface area contributed by atoms with Crippen LogP contribution in [0.4, 0.5) is 8.28 Å². The molecule has 0 aliphatic carbocycles. The van der Waals surface area contributed by atoms with Gasteiger partial charge in [-0.2, -0.15) is 8.42 Å². The van der Waals surface area contributed by atoms with Gasteiger partial charge in [0.05, 0.1) is 4.47 Å². The average Bonchev–Trinajstić information content (AvgIpc) is 1.96. The van der Waals surface area contributed by atoms with Crippen LogP contribution >= 0.6 is 15.9 Å². The van der Waals surface area contributed by atoms with E-state index < -0.39 is 21.8 Å². The third-order valence-electron chi connectivity index (χ3n) is 1.36. The van der Waals surface area contributed by atoms with Crippen molar-refractivity contribution < 1.29 is 16.7 Å². The van der Waals surface area contributed by atoms with Gasteiger partial charge in [0.15, 0.2) is 0 Å². The van der Waals surface area contributed by atoms with E-state index >= 15 is 0 Å². The quantitative estimate of drug-likeness (QED) is 0.774. The Hall–Kier alpha value is -0.490. The fourth-order valence-electron chi connectivity index (χ4n) is 0.846. The van der Waals surface area contributed by atoms with Crippen LogP contribution in [-0.4, -0.2) is 8.42 Å². The monoisotopic (exact) mass is 270 g/mol. The van der Waals surface area contributed by atoms with Gasteiger partial charge < -0.3 is 0 Å². The summed E-state index contributed by atoms with van der Waals surface area (Å²) >= 11 is 2.83. The lowest BCUT2D eigenvalue weighted by Crippen LogP contribution is -1.98. The molecule has 0 amide bonds. The molecule has 0 atom stereocenters. The Balaban J connectivity index is 3.10. The van der Waals surface area contributed by atoms with Gasteiger partial charge in [0.2, 0.25) is 0 Å². The minimum Gasteiger partial charge on any atom is -0.206 e. The molecule has 13 heavy (non-hydrogen) atoms. The molecule has 0 aliphatic rings. The maximum atomic E-state index is 12.8. The highest BCUT2D eigenvalue weighted by molar-refractivity contribution is 9.10. The van der Waals surface area contributed by atoms with Crippen molar-refractivity contribution in [3.63, 3.8) is 0 Å². The van der Waals surface area contributed by atoms with Crippen molar-refractivity contribution in [1.29, 1.82) is 0 Å². The van der Waals surface area contributed by atoms with E-state index in [0.717, 1.165) is 6.07 Å². The van der Waals surface area contributed by atoms with Gasteiger partial charge in [-0.05, 0) is 27.6 Å². The molecule has 0 saturated carbocycles. The summed E-state index contributed by atoms with van der Waals surface area (Å²) in [6.45, 7) is 0. The van der Waals surface area contributed by atoms with Crippen LogP contribution < -0.4 is 0 Å². The molecule has 0 unspecified atom stereocenters. The summed E-state index contributed by atoms with van der Waals surface area (Å²) in [6.07, 6.45) is 0. The summed E-state index contributed by atoms with van der Waals surface area (Å²) in [5, 5.41) is 0. The first-order valence-electron chi connectivity index (χ1n) is 3.25. The first-order chi connectivity index (χ1) is 5.90. The van der Waals surface area contributed by atoms with Crippen molar-refractivity contribution in [1.82, 2.24) is 0 Å². The Morgan fingerprint density at radius 3 is 2.54 bits per heavy atom. The Labute approximate surface area is 82.9 Å². The zero-order chi connectivity index (χ0) is 10.1. The molecule has 0 aromatic heterocycles. The number of rotatable bonds is 2. The zero-order valence-corrected chi connectivity index (χ0v) is 8.70. The maximum absolute atomic E-state index is 12.8. The Morgan fingerprint density at radius 2 is 2.00 bits per heavy atom. The van der Waals surface area contributed by atoms with Gasteiger partial charge in [-0.1, -0.05) is 12.1 Å². The summed E-state index contributed by atoms with van der Waals surface area (Å²) in [7, 11) is -4.61. The number of benzene rings is 1. The van der Waals surface area contributed by atoms with Crippen molar-refractivity contribution >= 4 is 26.2 Å². The van der Waals surface area contributed by atoms with Crippen molar-refractivity contribution in [3.8, 4) is 0 Å². The van der Waals surface area contributed by atoms with E-state index in [1.165, 1.54) is 12.1 Å². The standard InChI is InChI=1S/C7H5BrF2O2S/c8-7-5(4-13(10,11)12)2-1-3-6(7)9/h1-3H,4H2. The smallest absolute Gasteiger partial charge is 0.206 e. The number of halogens is 3. The van der Waals surface area contributed by atoms with E-state index in [9.17, 15) is 16.7 Å². The van der Waals surface area contributed by atoms with Crippen molar-refractivity contribution in [3.05, 3.63) is 34.1 Å². The van der Waals surface area contributed by atoms with Crippen LogP contribution in [-0.2, 0) is 16.0 Å². The van der Waals surface area contributed by atoms with Crippen LogP contribution in [0.5, 0.6) is 0 Å². The fraction of sp³-hybridized carbons (Fsp3) is 0.143. The molecule has 0 saturated heterocycles. The molecule has 0 bridgehead atoms. The molecule has 1 aromatic carbocycles. The van der Waals surface area contributed by atoms with Crippen molar-refractivity contribution in [2.24, 2.45) is 0 Å². The number of hydrogen-bond donors (Lipinski definition) is 0. The van der Waals surface area contributed by atoms with E-state index in [4.69, 9.17) is 0 Å². The average molecular weight is 271 g/mol. The summed E-state index contributed by atoms with van der Waals surface area (Å²) in [4.78, 5) is 0. The van der Waals surface area contributed by atoms with Gasteiger partial charge in [0.1, 0.15) is 11.6 Å². The summed E-state index contributed by atoms with van der Waals surface area (Å²) in [5.74, 6) is -1.42. The lowest BCUT2D eigenvalue weighted by molar-refractivity contribution is 0.550. The Bertz CT molecular complexity index is 417. The zero-order valence-electron chi connectivity index (χ0n) is 6.30. The van der Waals surface area contributed by atoms with Crippen LogP contribution in [0, 0.1) is 5.82 Å². The largest absolute Gasteiger partial charge is 0.306 e. The molecule has 1 aromatic rings. The van der Waals surface area contributed by atoms with Gasteiger partial charge in [-0.15, -0.1) is 3.89 Å². The Kier molecular flexibility index (Phi) is 3.02. The highest BCUT2D eigenvalue weighted by Crippen LogP contribution is 2.22. The van der Waals surface area contributed by atoms with E-state index in [2.05, 4.69) is 15.9 Å². The van der Waals surface area contributed by atoms with Gasteiger partial charge in [-0.25, -0.2) is 4.39 Å². The molecular formula is C7H5BrF2O2S. The van der Waals surface area contributed by atoms with Crippen molar-refractivity contribution in [2.45, 2.75) is 5.75 Å². The summed E-state index contributed by atoms with van der Waals surface area (Å²) in [6, 6.07) is 3.81. The van der Waals surface area contributed by atoms with Crippen LogP contribution in [0.3, 0.4) is 0 Å². The third-order valence-corrected chi connectivity index (χ3v) is 2.90. The van der Waals surface area contributed by atoms with Gasteiger partial charge in [-0.3, -0.25) is 0 Å². The number of hydrogen-bond acceptors (Lipinski definition) is 2. The third kappa shape index (κ3) is 3.04. The minimum atomic E-state index is -4.61. The van der Waals surface area contributed by atoms with Crippen LogP contribution in [0.25, 0.3) is 0 Å². The molecule has 6 heteroatoms. The Morgan fingerprint density at radius 1 is 1.38 bits per heavy atom. The minimum absolute atomic E-state index is 0.0174. The van der Waals surface area contributed by atoms with Crippen LogP contribution in [0.15, 0.2) is 22.7 Å². The van der Waals surface area contributed by atoms with E-state index in [-0.39, 0.29) is 10.0 Å². The summed E-state index contributed by atoms with van der Waals surface area (Å²) < 4.78 is 45.5. The maximum Gasteiger partial charge on any atom is 0.306 e. The molecule has 72 valence electrons. The molecule has 0 fully saturated rings. The predicted molar refractivity (Wildman–Crippen MR) is 47.8 cm³/mol. The summed E-state index contributed by atoms with van der Waals surface area (Å²) in [5.41, 5.74) is 0.0718. The van der Waals surface area contributed by atoms with E-state index in [1.807, 2.05) is 0 Å². The molecule has 0 aliphatic heterocycles. The van der Waals surface area contributed by atoms with Crippen LogP contribution in [0.1, 0.15) is 5.56 Å². The second-order valence-corrected chi connectivity index (χ2v) is 4.56. The molecule has 0 spiro atoms. The second-order valence-electron chi connectivity index (χ2n) is 2.40. The molecule has 2 nitrogen and oxygen atoms in total. The molecule has 0 heterocycles. The van der Waals surface area contributed by atoms with Gasteiger partial charge in [0, 0.05) is 0 Å². The molecule has 0 N–H and O–H groups in total. The molecule has 1 rings (SSSR count). The van der Waals surface area contributed by atoms with Crippen LogP contribution in [0.2, 0.25) is 0 Å². The SMILES string of the molecule is O=S(=O)(F)Cc1cccc(F)c1Br. The first-order valence-corrected chi connectivity index (χ1v) is 5.60. The lowest BCUT2D eigenvalue weighted by Gasteiger charge is -2.01. The molecule has 0 radical (unpaired) electrons. The van der Waals surface area contributed by atoms with Gasteiger partial charge >= 0.3 is 10.2 Å². The predicted octanol–water partition coefficient (Wildman–Crippen LogP) is 2.39. The lowest BCUT2D eigenvalue weighted by atomic mass is 10.2. The fourth-order valence-corrected chi connectivity index (χ4v) is 2.05. The van der Waals surface area contributed by atoms with E-state index in [0.29, 0.717) is 0 Å².